The summed E-state index contributed by atoms with van der Waals surface area (Å²) < 4.78 is 23.9. The Labute approximate surface area is 135 Å². The van der Waals surface area contributed by atoms with Crippen molar-refractivity contribution in [3.8, 4) is 11.5 Å². The molecule has 0 radical (unpaired) electrons. The molecule has 0 aliphatic carbocycles. The fraction of sp³-hybridized carbons (Fsp3) is 0.278. The second-order valence-corrected chi connectivity index (χ2v) is 4.98. The Morgan fingerprint density at radius 2 is 1.83 bits per heavy atom. The lowest BCUT2D eigenvalue weighted by atomic mass is 10.2. The maximum atomic E-state index is 13.5. The molecule has 2 aromatic rings. The van der Waals surface area contributed by atoms with Gasteiger partial charge < -0.3 is 14.4 Å². The predicted octanol–water partition coefficient (Wildman–Crippen LogP) is 3.26. The number of benzene rings is 2. The summed E-state index contributed by atoms with van der Waals surface area (Å²) in [5.74, 6) is 0.192. The third-order valence-corrected chi connectivity index (χ3v) is 3.45. The van der Waals surface area contributed by atoms with E-state index in [4.69, 9.17) is 9.47 Å². The first-order valence-corrected chi connectivity index (χ1v) is 7.42. The van der Waals surface area contributed by atoms with E-state index >= 15 is 0 Å². The first-order chi connectivity index (χ1) is 11.1. The van der Waals surface area contributed by atoms with Crippen LogP contribution in [-0.2, 0) is 11.3 Å². The van der Waals surface area contributed by atoms with Crippen molar-refractivity contribution in [3.05, 3.63) is 59.9 Å². The monoisotopic (exact) mass is 317 g/mol. The van der Waals surface area contributed by atoms with Gasteiger partial charge in [0, 0.05) is 13.1 Å². The van der Waals surface area contributed by atoms with E-state index in [1.165, 1.54) is 12.1 Å². The van der Waals surface area contributed by atoms with Gasteiger partial charge >= 0.3 is 0 Å². The van der Waals surface area contributed by atoms with E-state index in [1.807, 2.05) is 31.2 Å². The van der Waals surface area contributed by atoms with Crippen LogP contribution in [-0.4, -0.2) is 31.1 Å². The molecule has 0 aromatic heterocycles. The number of amides is 1. The fourth-order valence-electron chi connectivity index (χ4n) is 2.12. The van der Waals surface area contributed by atoms with Crippen LogP contribution >= 0.6 is 0 Å². The van der Waals surface area contributed by atoms with Crippen molar-refractivity contribution in [1.82, 2.24) is 4.90 Å². The minimum absolute atomic E-state index is 0.0846. The minimum atomic E-state index is -0.474. The highest BCUT2D eigenvalue weighted by Gasteiger charge is 2.14. The van der Waals surface area contributed by atoms with E-state index in [9.17, 15) is 9.18 Å². The second kappa shape index (κ2) is 8.17. The zero-order valence-corrected chi connectivity index (χ0v) is 13.3. The fourth-order valence-corrected chi connectivity index (χ4v) is 2.12. The molecular weight excluding hydrogens is 297 g/mol. The van der Waals surface area contributed by atoms with Crippen LogP contribution in [0.4, 0.5) is 4.39 Å². The maximum absolute atomic E-state index is 13.5. The molecule has 122 valence electrons. The number of carbonyl (C=O) groups excluding carboxylic acids is 1. The number of nitrogens with zero attached hydrogens (tertiary/aromatic N) is 1. The molecule has 0 heterocycles. The average molecular weight is 317 g/mol. The third kappa shape index (κ3) is 4.71. The average Bonchev–Trinajstić information content (AvgIpc) is 2.59. The first-order valence-electron chi connectivity index (χ1n) is 7.42. The summed E-state index contributed by atoms with van der Waals surface area (Å²) in [7, 11) is 1.61. The molecule has 2 aromatic carbocycles. The Balaban J connectivity index is 1.94. The van der Waals surface area contributed by atoms with Crippen LogP contribution in [0.25, 0.3) is 0 Å². The third-order valence-electron chi connectivity index (χ3n) is 3.45. The molecule has 5 heteroatoms. The van der Waals surface area contributed by atoms with Crippen molar-refractivity contribution in [1.29, 1.82) is 0 Å². The normalized spacial score (nSPS) is 10.2. The summed E-state index contributed by atoms with van der Waals surface area (Å²) in [5.41, 5.74) is 0.992. The van der Waals surface area contributed by atoms with Gasteiger partial charge in [-0.15, -0.1) is 0 Å². The quantitative estimate of drug-likeness (QED) is 0.787. The van der Waals surface area contributed by atoms with E-state index in [0.29, 0.717) is 13.1 Å². The van der Waals surface area contributed by atoms with Gasteiger partial charge in [-0.3, -0.25) is 4.79 Å². The lowest BCUT2D eigenvalue weighted by Crippen LogP contribution is -2.34. The Morgan fingerprint density at radius 3 is 2.43 bits per heavy atom. The molecule has 4 nitrogen and oxygen atoms in total. The number of carbonyl (C=O) groups is 1. The van der Waals surface area contributed by atoms with E-state index < -0.39 is 5.82 Å². The lowest BCUT2D eigenvalue weighted by Gasteiger charge is -2.21. The predicted molar refractivity (Wildman–Crippen MR) is 86.0 cm³/mol. The van der Waals surface area contributed by atoms with Gasteiger partial charge in [-0.25, -0.2) is 4.39 Å². The zero-order chi connectivity index (χ0) is 16.7. The molecule has 0 N–H and O–H groups in total. The summed E-state index contributed by atoms with van der Waals surface area (Å²) in [6.07, 6.45) is 0. The summed E-state index contributed by atoms with van der Waals surface area (Å²) >= 11 is 0. The molecule has 1 amide bonds. The SMILES string of the molecule is CCN(Cc1ccc(OC)cc1)C(=O)COc1ccccc1F. The Kier molecular flexibility index (Phi) is 5.97. The molecule has 0 aliphatic heterocycles. The van der Waals surface area contributed by atoms with Crippen LogP contribution < -0.4 is 9.47 Å². The van der Waals surface area contributed by atoms with Gasteiger partial charge in [0.05, 0.1) is 7.11 Å². The largest absolute Gasteiger partial charge is 0.497 e. The molecule has 2 rings (SSSR count). The second-order valence-electron chi connectivity index (χ2n) is 4.98. The number of likely N-dealkylation sites (N-methyl/N-ethyl adjacent to an activating group) is 1. The molecule has 0 saturated carbocycles. The molecule has 0 saturated heterocycles. The molecule has 0 unspecified atom stereocenters. The molecule has 0 spiro atoms. The van der Waals surface area contributed by atoms with Gasteiger partial charge in [-0.05, 0) is 36.8 Å². The highest BCUT2D eigenvalue weighted by molar-refractivity contribution is 5.77. The van der Waals surface area contributed by atoms with E-state index in [2.05, 4.69) is 0 Å². The van der Waals surface area contributed by atoms with Crippen molar-refractivity contribution in [3.63, 3.8) is 0 Å². The van der Waals surface area contributed by atoms with Gasteiger partial charge in [-0.1, -0.05) is 24.3 Å². The van der Waals surface area contributed by atoms with Crippen molar-refractivity contribution in [2.75, 3.05) is 20.3 Å². The van der Waals surface area contributed by atoms with E-state index in [1.54, 1.807) is 24.1 Å². The number of rotatable bonds is 7. The molecule has 0 bridgehead atoms. The van der Waals surface area contributed by atoms with E-state index in [-0.39, 0.29) is 18.3 Å². The highest BCUT2D eigenvalue weighted by Crippen LogP contribution is 2.16. The van der Waals surface area contributed by atoms with Crippen molar-refractivity contribution in [2.45, 2.75) is 13.5 Å². The van der Waals surface area contributed by atoms with Gasteiger partial charge in [0.2, 0.25) is 0 Å². The Hall–Kier alpha value is -2.56. The van der Waals surface area contributed by atoms with Crippen LogP contribution in [0.2, 0.25) is 0 Å². The number of methoxy groups -OCH3 is 1. The summed E-state index contributed by atoms with van der Waals surface area (Å²) in [6, 6.07) is 13.6. The van der Waals surface area contributed by atoms with Crippen molar-refractivity contribution < 1.29 is 18.7 Å². The summed E-state index contributed by atoms with van der Waals surface area (Å²) in [5, 5.41) is 0. The Morgan fingerprint density at radius 1 is 1.13 bits per heavy atom. The zero-order valence-electron chi connectivity index (χ0n) is 13.3. The van der Waals surface area contributed by atoms with Crippen LogP contribution in [0.15, 0.2) is 48.5 Å². The number of halogens is 1. The van der Waals surface area contributed by atoms with E-state index in [0.717, 1.165) is 11.3 Å². The van der Waals surface area contributed by atoms with Crippen LogP contribution in [0.1, 0.15) is 12.5 Å². The van der Waals surface area contributed by atoms with Crippen molar-refractivity contribution >= 4 is 5.91 Å². The Bertz CT molecular complexity index is 643. The first kappa shape index (κ1) is 16.8. The van der Waals surface area contributed by atoms with Gasteiger partial charge in [0.25, 0.3) is 5.91 Å². The number of hydrogen-bond acceptors (Lipinski definition) is 3. The molecule has 0 fully saturated rings. The highest BCUT2D eigenvalue weighted by atomic mass is 19.1. The minimum Gasteiger partial charge on any atom is -0.497 e. The number of para-hydroxylation sites is 1. The van der Waals surface area contributed by atoms with Crippen LogP contribution in [0, 0.1) is 5.82 Å². The lowest BCUT2D eigenvalue weighted by molar-refractivity contribution is -0.133. The van der Waals surface area contributed by atoms with Gasteiger partial charge in [0.1, 0.15) is 5.75 Å². The topological polar surface area (TPSA) is 38.8 Å². The van der Waals surface area contributed by atoms with Crippen LogP contribution in [0.5, 0.6) is 11.5 Å². The van der Waals surface area contributed by atoms with Gasteiger partial charge in [-0.2, -0.15) is 0 Å². The number of hydrogen-bond donors (Lipinski definition) is 0. The smallest absolute Gasteiger partial charge is 0.260 e. The molecule has 23 heavy (non-hydrogen) atoms. The molecule has 0 atom stereocenters. The van der Waals surface area contributed by atoms with Gasteiger partial charge in [0.15, 0.2) is 18.2 Å². The van der Waals surface area contributed by atoms with Crippen molar-refractivity contribution in [2.24, 2.45) is 0 Å². The molecule has 0 aliphatic rings. The molecular formula is C18H20FNO3. The van der Waals surface area contributed by atoms with Crippen LogP contribution in [0.3, 0.4) is 0 Å². The number of ether oxygens (including phenoxy) is 2. The standard InChI is InChI=1S/C18H20FNO3/c1-3-20(12-14-8-10-15(22-2)11-9-14)18(21)13-23-17-7-5-4-6-16(17)19/h4-11H,3,12-13H2,1-2H3. The maximum Gasteiger partial charge on any atom is 0.260 e. The summed E-state index contributed by atoms with van der Waals surface area (Å²) in [4.78, 5) is 13.9. The summed E-state index contributed by atoms with van der Waals surface area (Å²) in [6.45, 7) is 2.72.